The summed E-state index contributed by atoms with van der Waals surface area (Å²) in [6, 6.07) is 23.7. The Kier molecular flexibility index (Phi) is 18.8. The molecule has 0 spiro atoms. The van der Waals surface area contributed by atoms with Crippen LogP contribution in [0.5, 0.6) is 0 Å². The number of alkyl carbamates (subject to hydrolysis) is 3. The van der Waals surface area contributed by atoms with Crippen molar-refractivity contribution in [2.45, 2.75) is 145 Å². The Hall–Kier alpha value is -5.43. The summed E-state index contributed by atoms with van der Waals surface area (Å²) in [6.07, 6.45) is -17.3. The normalized spacial score (nSPS) is 32.9. The van der Waals surface area contributed by atoms with Gasteiger partial charge in [0.25, 0.3) is 0 Å². The lowest BCUT2D eigenvalue weighted by atomic mass is 9.80. The standard InChI is InChI=1S/C49H64N4O17/c1-3-34-38(56)39(57)36(53-49(61)64-26-30-17-11-6-12-18-30)45(66-34)69-42-35(23-54)67-46(40(42)58)70-43-37(55)33(52-48(60)63-25-29-15-9-5-10-16-29)21-27(2)41(43)68-44-32(20-19-31(22-50)65-44)51-47(59)62-24-28-13-7-4-8-14-28/h4-19,27,32-46,54-58H,3,20-26,50H2,1-2H3,(H,51,59)(H,52,60)(H,53,61)/t27-,32+,33+,34-,35+,36+,37-,38+,39+,40+,41+,42+,43+,44+,45+,46-/m0/s1. The molecule has 0 unspecified atom stereocenters. The van der Waals surface area contributed by atoms with E-state index < -0.39 is 123 Å². The molecule has 4 aliphatic rings. The Morgan fingerprint density at radius 2 is 1.11 bits per heavy atom. The maximum atomic E-state index is 13.2. The molecule has 0 bridgehead atoms. The van der Waals surface area contributed by atoms with Gasteiger partial charge >= 0.3 is 18.3 Å². The Morgan fingerprint density at radius 3 is 1.64 bits per heavy atom. The molecule has 1 saturated carbocycles. The zero-order chi connectivity index (χ0) is 49.7. The largest absolute Gasteiger partial charge is 0.466 e. The van der Waals surface area contributed by atoms with Gasteiger partial charge in [0.05, 0.1) is 37.4 Å². The van der Waals surface area contributed by atoms with Gasteiger partial charge in [-0.15, -0.1) is 0 Å². The topological polar surface area (TPSA) is 298 Å². The van der Waals surface area contributed by atoms with Crippen LogP contribution in [-0.4, -0.2) is 149 Å². The summed E-state index contributed by atoms with van der Waals surface area (Å²) in [4.78, 5) is 39.4. The van der Waals surface area contributed by atoms with Crippen LogP contribution < -0.4 is 21.7 Å². The molecule has 21 heteroatoms. The van der Waals surface area contributed by atoms with E-state index in [1.54, 1.807) is 74.5 Å². The van der Waals surface area contributed by atoms with Gasteiger partial charge in [0.15, 0.2) is 12.6 Å². The van der Waals surface area contributed by atoms with Crippen LogP contribution >= 0.6 is 0 Å². The summed E-state index contributed by atoms with van der Waals surface area (Å²) < 4.78 is 53.8. The second kappa shape index (κ2) is 25.1. The first-order valence-corrected chi connectivity index (χ1v) is 23.4. The molecular formula is C49H64N4O17. The number of ether oxygens (including phenoxy) is 9. The van der Waals surface area contributed by atoms with Gasteiger partial charge in [-0.2, -0.15) is 0 Å². The van der Waals surface area contributed by atoms with Crippen LogP contribution in [0.1, 0.15) is 49.8 Å². The highest BCUT2D eigenvalue weighted by Gasteiger charge is 2.55. The molecule has 3 amide bonds. The molecule has 0 radical (unpaired) electrons. The van der Waals surface area contributed by atoms with Gasteiger partial charge in [-0.1, -0.05) is 105 Å². The fourth-order valence-electron chi connectivity index (χ4n) is 8.83. The molecule has 3 fully saturated rings. The van der Waals surface area contributed by atoms with Gasteiger partial charge in [-0.05, 0) is 47.9 Å². The summed E-state index contributed by atoms with van der Waals surface area (Å²) >= 11 is 0. The number of nitrogens with two attached hydrogens (primary N) is 1. The molecule has 16 atom stereocenters. The van der Waals surface area contributed by atoms with Gasteiger partial charge in [0, 0.05) is 0 Å². The van der Waals surface area contributed by atoms with E-state index in [1.807, 2.05) is 36.4 Å². The number of hydrogen-bond acceptors (Lipinski definition) is 18. The summed E-state index contributed by atoms with van der Waals surface area (Å²) in [7, 11) is 0. The third kappa shape index (κ3) is 13.5. The van der Waals surface area contributed by atoms with Crippen molar-refractivity contribution in [1.29, 1.82) is 0 Å². The Morgan fingerprint density at radius 1 is 0.614 bits per heavy atom. The predicted octanol–water partition coefficient (Wildman–Crippen LogP) is 1.95. The maximum absolute atomic E-state index is 13.2. The number of carbonyl (C=O) groups excluding carboxylic acids is 3. The molecular weight excluding hydrogens is 917 g/mol. The lowest BCUT2D eigenvalue weighted by molar-refractivity contribution is -0.288. The Balaban J connectivity index is 1.09. The average Bonchev–Trinajstić information content (AvgIpc) is 3.67. The predicted molar refractivity (Wildman–Crippen MR) is 244 cm³/mol. The van der Waals surface area contributed by atoms with Gasteiger partial charge in [-0.25, -0.2) is 14.4 Å². The van der Waals surface area contributed by atoms with Crippen molar-refractivity contribution < 1.29 is 82.5 Å². The third-order valence-electron chi connectivity index (χ3n) is 12.6. The average molecular weight is 981 g/mol. The molecule has 382 valence electrons. The fraction of sp³-hybridized carbons (Fsp3) is 0.531. The van der Waals surface area contributed by atoms with E-state index in [1.165, 1.54) is 0 Å². The minimum absolute atomic E-state index is 0.00187. The van der Waals surface area contributed by atoms with Crippen molar-refractivity contribution in [2.75, 3.05) is 13.2 Å². The summed E-state index contributed by atoms with van der Waals surface area (Å²) in [5, 5.41) is 64.8. The molecule has 21 nitrogen and oxygen atoms in total. The first kappa shape index (κ1) is 52.4. The number of rotatable bonds is 18. The van der Waals surface area contributed by atoms with E-state index in [0.717, 1.165) is 11.1 Å². The minimum Gasteiger partial charge on any atom is -0.466 e. The SMILES string of the molecule is CC[C@@H]1O[C@H](O[C@H]2[C@@H](O)[C@H](O[C@@H]3[C@@H](O)[C@H](NC(=O)OCc4ccccc4)C[C@H](C)[C@H]3O[C@H]3OC(CN)=CC[C@H]3NC(=O)OCc3ccccc3)O[C@@H]2CO)[C@H](NC(=O)OCc2ccccc2)[C@@H](O)[C@@H]1O. The highest BCUT2D eigenvalue weighted by molar-refractivity contribution is 5.68. The lowest BCUT2D eigenvalue weighted by Crippen LogP contribution is -2.65. The fourth-order valence-corrected chi connectivity index (χ4v) is 8.83. The molecule has 3 aromatic rings. The van der Waals surface area contributed by atoms with Gasteiger partial charge < -0.3 is 89.8 Å². The van der Waals surface area contributed by atoms with Crippen LogP contribution in [0.2, 0.25) is 0 Å². The number of hydrogen-bond donors (Lipinski definition) is 9. The molecule has 3 heterocycles. The van der Waals surface area contributed by atoms with E-state index in [9.17, 15) is 39.9 Å². The van der Waals surface area contributed by atoms with E-state index in [4.69, 9.17) is 48.4 Å². The van der Waals surface area contributed by atoms with Crippen LogP contribution in [-0.2, 0) is 62.5 Å². The number of aliphatic hydroxyl groups excluding tert-OH is 5. The van der Waals surface area contributed by atoms with E-state index in [2.05, 4.69) is 16.0 Å². The number of nitrogens with one attached hydrogen (secondary N) is 3. The summed E-state index contributed by atoms with van der Waals surface area (Å²) in [5.74, 6) is -0.176. The molecule has 70 heavy (non-hydrogen) atoms. The maximum Gasteiger partial charge on any atom is 0.407 e. The third-order valence-corrected chi connectivity index (χ3v) is 12.6. The molecule has 10 N–H and O–H groups in total. The Bertz CT molecular complexity index is 2150. The summed E-state index contributed by atoms with van der Waals surface area (Å²) in [6.45, 7) is 2.60. The van der Waals surface area contributed by atoms with Crippen molar-refractivity contribution in [3.8, 4) is 0 Å². The molecule has 0 aromatic heterocycles. The molecule has 3 aromatic carbocycles. The molecule has 1 aliphatic carbocycles. The van der Waals surface area contributed by atoms with Gasteiger partial charge in [0.2, 0.25) is 6.29 Å². The highest BCUT2D eigenvalue weighted by Crippen LogP contribution is 2.37. The van der Waals surface area contributed by atoms with Crippen LogP contribution in [0.25, 0.3) is 0 Å². The summed E-state index contributed by atoms with van der Waals surface area (Å²) in [5.41, 5.74) is 8.16. The van der Waals surface area contributed by atoms with Crippen LogP contribution in [0.15, 0.2) is 103 Å². The van der Waals surface area contributed by atoms with E-state index >= 15 is 0 Å². The monoisotopic (exact) mass is 980 g/mol. The van der Waals surface area contributed by atoms with Crippen molar-refractivity contribution in [1.82, 2.24) is 16.0 Å². The highest BCUT2D eigenvalue weighted by atomic mass is 16.8. The van der Waals surface area contributed by atoms with Crippen molar-refractivity contribution in [3.63, 3.8) is 0 Å². The second-order valence-corrected chi connectivity index (χ2v) is 17.6. The van der Waals surface area contributed by atoms with E-state index in [0.29, 0.717) is 11.3 Å². The quantitative estimate of drug-likeness (QED) is 0.0823. The zero-order valence-electron chi connectivity index (χ0n) is 38.8. The number of carbonyl (C=O) groups is 3. The van der Waals surface area contributed by atoms with Crippen LogP contribution in [0, 0.1) is 5.92 Å². The van der Waals surface area contributed by atoms with Crippen LogP contribution in [0.3, 0.4) is 0 Å². The Labute approximate surface area is 405 Å². The van der Waals surface area contributed by atoms with Gasteiger partial charge in [-0.3, -0.25) is 0 Å². The second-order valence-electron chi connectivity index (χ2n) is 17.6. The van der Waals surface area contributed by atoms with Gasteiger partial charge in [0.1, 0.15) is 74.3 Å². The molecule has 2 saturated heterocycles. The smallest absolute Gasteiger partial charge is 0.407 e. The van der Waals surface area contributed by atoms with E-state index in [-0.39, 0.29) is 45.6 Å². The molecule has 7 rings (SSSR count). The minimum atomic E-state index is -1.74. The zero-order valence-corrected chi connectivity index (χ0v) is 38.8. The lowest BCUT2D eigenvalue weighted by Gasteiger charge is -2.46. The van der Waals surface area contributed by atoms with Crippen molar-refractivity contribution in [2.24, 2.45) is 11.7 Å². The van der Waals surface area contributed by atoms with Crippen molar-refractivity contribution in [3.05, 3.63) is 120 Å². The van der Waals surface area contributed by atoms with Crippen molar-refractivity contribution >= 4 is 18.3 Å². The molecule has 3 aliphatic heterocycles. The first-order chi connectivity index (χ1) is 33.8. The number of aliphatic hydroxyl groups is 5. The van der Waals surface area contributed by atoms with Crippen LogP contribution in [0.4, 0.5) is 14.4 Å². The first-order valence-electron chi connectivity index (χ1n) is 23.4. The number of benzene rings is 3. The number of amides is 3.